The highest BCUT2D eigenvalue weighted by molar-refractivity contribution is 9.09. The number of carbonyl (C=O) groups is 1. The molecule has 0 saturated carbocycles. The fraction of sp³-hybridized carbons (Fsp3) is 0.833. The molecule has 0 heterocycles. The fourth-order valence-corrected chi connectivity index (χ4v) is 0.653. The summed E-state index contributed by atoms with van der Waals surface area (Å²) >= 11 is 3.10. The molecule has 0 aromatic carbocycles. The van der Waals surface area contributed by atoms with Gasteiger partial charge in [-0.3, -0.25) is 4.79 Å². The molecule has 0 amide bonds. The highest BCUT2D eigenvalue weighted by Crippen LogP contribution is 2.02. The van der Waals surface area contributed by atoms with Crippen LogP contribution in [-0.4, -0.2) is 11.0 Å². The zero-order valence-corrected chi connectivity index (χ0v) is 7.27. The molecule has 0 spiro atoms. The zero-order chi connectivity index (χ0) is 7.28. The largest absolute Gasteiger partial charge is 0.451 e. The van der Waals surface area contributed by atoms with Crippen LogP contribution in [0.4, 0.5) is 0 Å². The van der Waals surface area contributed by atoms with Gasteiger partial charge in [-0.05, 0) is 29.3 Å². The monoisotopic (exact) mass is 194 g/mol. The Balaban J connectivity index is 3.27. The Kier molecular flexibility index (Phi) is 4.77. The second-order valence-electron chi connectivity index (χ2n) is 1.78. The van der Waals surface area contributed by atoms with Crippen LogP contribution in [0.1, 0.15) is 26.7 Å². The fourth-order valence-electron chi connectivity index (χ4n) is 0.444. The minimum atomic E-state index is -0.156. The summed E-state index contributed by atoms with van der Waals surface area (Å²) in [6, 6.07) is 0. The van der Waals surface area contributed by atoms with E-state index in [0.29, 0.717) is 6.42 Å². The second kappa shape index (κ2) is 4.79. The maximum atomic E-state index is 10.6. The normalized spacial score (nSPS) is 12.8. The first-order valence-electron chi connectivity index (χ1n) is 3.00. The standard InChI is InChI=1S/C6H11BrO2/c1-3-4-6(8)9-5(2)7/h5H,3-4H2,1-2H3. The quantitative estimate of drug-likeness (QED) is 0.509. The molecular formula is C6H11BrO2. The number of esters is 1. The number of carbonyl (C=O) groups excluding carboxylic acids is 1. The summed E-state index contributed by atoms with van der Waals surface area (Å²) in [5, 5.41) is -0.156. The van der Waals surface area contributed by atoms with Gasteiger partial charge < -0.3 is 4.74 Å². The van der Waals surface area contributed by atoms with Gasteiger partial charge in [0, 0.05) is 6.42 Å². The maximum absolute atomic E-state index is 10.6. The van der Waals surface area contributed by atoms with Crippen LogP contribution in [0.25, 0.3) is 0 Å². The van der Waals surface area contributed by atoms with Gasteiger partial charge in [0.1, 0.15) is 0 Å². The summed E-state index contributed by atoms with van der Waals surface area (Å²) in [7, 11) is 0. The third kappa shape index (κ3) is 5.83. The van der Waals surface area contributed by atoms with E-state index in [-0.39, 0.29) is 11.0 Å². The Morgan fingerprint density at radius 3 is 2.67 bits per heavy atom. The minimum absolute atomic E-state index is 0.137. The third-order valence-electron chi connectivity index (χ3n) is 0.748. The molecule has 2 nitrogen and oxygen atoms in total. The number of alkyl halides is 1. The summed E-state index contributed by atoms with van der Waals surface area (Å²) < 4.78 is 4.77. The lowest BCUT2D eigenvalue weighted by molar-refractivity contribution is -0.144. The first-order valence-corrected chi connectivity index (χ1v) is 3.92. The van der Waals surface area contributed by atoms with Crippen molar-refractivity contribution in [1.82, 2.24) is 0 Å². The highest BCUT2D eigenvalue weighted by atomic mass is 79.9. The van der Waals surface area contributed by atoms with Gasteiger partial charge in [-0.25, -0.2) is 0 Å². The Bertz CT molecular complexity index is 91.1. The summed E-state index contributed by atoms with van der Waals surface area (Å²) in [6.45, 7) is 3.72. The van der Waals surface area contributed by atoms with Crippen molar-refractivity contribution in [2.24, 2.45) is 0 Å². The van der Waals surface area contributed by atoms with E-state index in [1.54, 1.807) is 6.92 Å². The van der Waals surface area contributed by atoms with Crippen LogP contribution in [0.3, 0.4) is 0 Å². The minimum Gasteiger partial charge on any atom is -0.451 e. The molecule has 0 aliphatic rings. The van der Waals surface area contributed by atoms with Crippen LogP contribution in [0.15, 0.2) is 0 Å². The van der Waals surface area contributed by atoms with Crippen molar-refractivity contribution in [1.29, 1.82) is 0 Å². The van der Waals surface area contributed by atoms with Crippen molar-refractivity contribution in [3.63, 3.8) is 0 Å². The average Bonchev–Trinajstić information content (AvgIpc) is 1.63. The van der Waals surface area contributed by atoms with Crippen LogP contribution in [0.2, 0.25) is 0 Å². The predicted octanol–water partition coefficient (Wildman–Crippen LogP) is 2.07. The van der Waals surface area contributed by atoms with E-state index in [1.165, 1.54) is 0 Å². The number of halogens is 1. The number of hydrogen-bond acceptors (Lipinski definition) is 2. The van der Waals surface area contributed by atoms with Crippen molar-refractivity contribution < 1.29 is 9.53 Å². The smallest absolute Gasteiger partial charge is 0.306 e. The SMILES string of the molecule is CCCC(=O)OC(C)Br. The molecule has 0 N–H and O–H groups in total. The van der Waals surface area contributed by atoms with Gasteiger partial charge in [-0.15, -0.1) is 0 Å². The molecule has 0 bridgehead atoms. The number of rotatable bonds is 3. The maximum Gasteiger partial charge on any atom is 0.306 e. The molecule has 0 saturated heterocycles. The van der Waals surface area contributed by atoms with Crippen molar-refractivity contribution in [3.05, 3.63) is 0 Å². The van der Waals surface area contributed by atoms with Crippen LogP contribution in [0.5, 0.6) is 0 Å². The molecule has 0 aliphatic carbocycles. The third-order valence-corrected chi connectivity index (χ3v) is 0.935. The molecule has 0 aromatic heterocycles. The summed E-state index contributed by atoms with van der Waals surface area (Å²) in [6.07, 6.45) is 1.36. The molecule has 0 aromatic rings. The van der Waals surface area contributed by atoms with E-state index in [2.05, 4.69) is 15.9 Å². The predicted molar refractivity (Wildman–Crippen MR) is 39.4 cm³/mol. The number of hydrogen-bond donors (Lipinski definition) is 0. The van der Waals surface area contributed by atoms with Crippen molar-refractivity contribution in [2.45, 2.75) is 31.7 Å². The summed E-state index contributed by atoms with van der Waals surface area (Å²) in [5.41, 5.74) is 0. The van der Waals surface area contributed by atoms with Gasteiger partial charge >= 0.3 is 5.97 Å². The van der Waals surface area contributed by atoms with E-state index in [1.807, 2.05) is 6.92 Å². The van der Waals surface area contributed by atoms with Gasteiger partial charge in [-0.1, -0.05) is 6.92 Å². The molecule has 9 heavy (non-hydrogen) atoms. The van der Waals surface area contributed by atoms with E-state index in [0.717, 1.165) is 6.42 Å². The van der Waals surface area contributed by atoms with Crippen molar-refractivity contribution in [2.75, 3.05) is 0 Å². The van der Waals surface area contributed by atoms with Gasteiger partial charge in [-0.2, -0.15) is 0 Å². The Labute approximate surface area is 63.7 Å². The molecule has 0 aliphatic heterocycles. The van der Waals surface area contributed by atoms with Gasteiger partial charge in [0.05, 0.1) is 0 Å². The summed E-state index contributed by atoms with van der Waals surface area (Å²) in [5.74, 6) is -0.137. The zero-order valence-electron chi connectivity index (χ0n) is 5.69. The Morgan fingerprint density at radius 1 is 1.78 bits per heavy atom. The molecule has 0 radical (unpaired) electrons. The molecule has 54 valence electrons. The molecule has 0 fully saturated rings. The van der Waals surface area contributed by atoms with Crippen LogP contribution in [-0.2, 0) is 9.53 Å². The second-order valence-corrected chi connectivity index (χ2v) is 3.07. The Hall–Kier alpha value is -0.0500. The van der Waals surface area contributed by atoms with Gasteiger partial charge in [0.25, 0.3) is 0 Å². The van der Waals surface area contributed by atoms with E-state index >= 15 is 0 Å². The lowest BCUT2D eigenvalue weighted by Crippen LogP contribution is -2.07. The average molecular weight is 195 g/mol. The first-order chi connectivity index (χ1) is 4.16. The molecule has 3 heteroatoms. The molecule has 0 rings (SSSR count). The topological polar surface area (TPSA) is 26.3 Å². The number of ether oxygens (including phenoxy) is 1. The van der Waals surface area contributed by atoms with E-state index in [4.69, 9.17) is 4.74 Å². The Morgan fingerprint density at radius 2 is 2.33 bits per heavy atom. The van der Waals surface area contributed by atoms with Crippen LogP contribution in [0, 0.1) is 0 Å². The molecule has 1 unspecified atom stereocenters. The molecular weight excluding hydrogens is 184 g/mol. The van der Waals surface area contributed by atoms with Crippen LogP contribution < -0.4 is 0 Å². The van der Waals surface area contributed by atoms with Crippen molar-refractivity contribution >= 4 is 21.9 Å². The van der Waals surface area contributed by atoms with Gasteiger partial charge in [0.2, 0.25) is 0 Å². The van der Waals surface area contributed by atoms with E-state index < -0.39 is 0 Å². The lowest BCUT2D eigenvalue weighted by Gasteiger charge is -2.03. The van der Waals surface area contributed by atoms with E-state index in [9.17, 15) is 4.79 Å². The van der Waals surface area contributed by atoms with Gasteiger partial charge in [0.15, 0.2) is 5.01 Å². The van der Waals surface area contributed by atoms with Crippen molar-refractivity contribution in [3.8, 4) is 0 Å². The molecule has 1 atom stereocenters. The lowest BCUT2D eigenvalue weighted by atomic mass is 10.3. The van der Waals surface area contributed by atoms with Crippen LogP contribution >= 0.6 is 15.9 Å². The highest BCUT2D eigenvalue weighted by Gasteiger charge is 2.02. The first kappa shape index (κ1) is 8.95. The summed E-state index contributed by atoms with van der Waals surface area (Å²) in [4.78, 5) is 10.6.